The Bertz CT molecular complexity index is 472. The van der Waals surface area contributed by atoms with Crippen LogP contribution in [-0.4, -0.2) is 78.0 Å². The maximum Gasteiger partial charge on any atom is 0.319 e. The van der Waals surface area contributed by atoms with E-state index in [1.54, 1.807) is 23.9 Å². The average molecular weight is 339 g/mol. The van der Waals surface area contributed by atoms with Gasteiger partial charge in [0, 0.05) is 52.6 Å². The van der Waals surface area contributed by atoms with Gasteiger partial charge in [-0.2, -0.15) is 0 Å². The van der Waals surface area contributed by atoms with Crippen molar-refractivity contribution in [1.29, 1.82) is 0 Å². The lowest BCUT2D eigenvalue weighted by Gasteiger charge is -2.38. The van der Waals surface area contributed by atoms with Gasteiger partial charge in [0.15, 0.2) is 0 Å². The summed E-state index contributed by atoms with van der Waals surface area (Å²) in [6, 6.07) is 0.00704. The van der Waals surface area contributed by atoms with E-state index in [-0.39, 0.29) is 24.3 Å². The molecule has 7 nitrogen and oxygen atoms in total. The third kappa shape index (κ3) is 4.85. The quantitative estimate of drug-likeness (QED) is 0.841. The third-order valence-electron chi connectivity index (χ3n) is 5.09. The van der Waals surface area contributed by atoms with Crippen LogP contribution < -0.4 is 0 Å². The molecule has 3 amide bonds. The number of urea groups is 1. The summed E-state index contributed by atoms with van der Waals surface area (Å²) in [6.07, 6.45) is 4.22. The number of hydrogen-bond donors (Lipinski definition) is 1. The lowest BCUT2D eigenvalue weighted by Crippen LogP contribution is -2.48. The smallest absolute Gasteiger partial charge is 0.319 e. The largest absolute Gasteiger partial charge is 0.481 e. The van der Waals surface area contributed by atoms with Crippen molar-refractivity contribution in [2.75, 3.05) is 40.3 Å². The minimum absolute atomic E-state index is 0.00515. The van der Waals surface area contributed by atoms with Gasteiger partial charge in [-0.15, -0.1) is 0 Å². The van der Waals surface area contributed by atoms with E-state index < -0.39 is 5.97 Å². The predicted octanol–water partition coefficient (Wildman–Crippen LogP) is 1.48. The van der Waals surface area contributed by atoms with Gasteiger partial charge >= 0.3 is 12.0 Å². The predicted molar refractivity (Wildman–Crippen MR) is 89.6 cm³/mol. The van der Waals surface area contributed by atoms with Crippen LogP contribution in [0.1, 0.15) is 38.5 Å². The molecule has 136 valence electrons. The number of hydrogen-bond acceptors (Lipinski definition) is 3. The number of amides is 3. The number of carboxylic acid groups (broad SMARTS) is 1. The van der Waals surface area contributed by atoms with Crippen molar-refractivity contribution in [2.24, 2.45) is 11.8 Å². The molecule has 2 aliphatic heterocycles. The van der Waals surface area contributed by atoms with Crippen LogP contribution in [0.15, 0.2) is 0 Å². The summed E-state index contributed by atoms with van der Waals surface area (Å²) >= 11 is 0. The molecule has 2 aliphatic rings. The molecule has 24 heavy (non-hydrogen) atoms. The number of carboxylic acids is 1. The molecule has 1 atom stereocenters. The SMILES string of the molecule is CN(C)C(=O)N1CCC(C(=O)N2CCCC(CCC(=O)O)C2)CC1. The molecule has 1 unspecified atom stereocenters. The highest BCUT2D eigenvalue weighted by Crippen LogP contribution is 2.26. The number of piperidine rings is 2. The molecule has 0 radical (unpaired) electrons. The second kappa shape index (κ2) is 8.35. The van der Waals surface area contributed by atoms with E-state index in [1.165, 1.54) is 0 Å². The summed E-state index contributed by atoms with van der Waals surface area (Å²) in [7, 11) is 3.48. The molecule has 0 saturated carbocycles. The topological polar surface area (TPSA) is 81.2 Å². The molecule has 0 aromatic rings. The number of nitrogens with zero attached hydrogens (tertiary/aromatic N) is 3. The Morgan fingerprint density at radius 2 is 1.71 bits per heavy atom. The maximum atomic E-state index is 12.7. The van der Waals surface area contributed by atoms with E-state index in [1.807, 2.05) is 4.90 Å². The van der Waals surface area contributed by atoms with Gasteiger partial charge in [-0.25, -0.2) is 4.79 Å². The Labute approximate surface area is 143 Å². The van der Waals surface area contributed by atoms with E-state index >= 15 is 0 Å². The third-order valence-corrected chi connectivity index (χ3v) is 5.09. The Morgan fingerprint density at radius 1 is 1.04 bits per heavy atom. The van der Waals surface area contributed by atoms with Crippen molar-refractivity contribution in [3.63, 3.8) is 0 Å². The molecule has 2 heterocycles. The monoisotopic (exact) mass is 339 g/mol. The van der Waals surface area contributed by atoms with Gasteiger partial charge in [0.25, 0.3) is 0 Å². The number of carbonyl (C=O) groups excluding carboxylic acids is 2. The summed E-state index contributed by atoms with van der Waals surface area (Å²) in [5.41, 5.74) is 0. The number of rotatable bonds is 4. The molecule has 0 aromatic carbocycles. The van der Waals surface area contributed by atoms with Crippen LogP contribution in [0.4, 0.5) is 4.79 Å². The fourth-order valence-corrected chi connectivity index (χ4v) is 3.69. The lowest BCUT2D eigenvalue weighted by atomic mass is 9.90. The molecular formula is C17H29N3O4. The molecule has 0 spiro atoms. The van der Waals surface area contributed by atoms with Crippen LogP contribution >= 0.6 is 0 Å². The van der Waals surface area contributed by atoms with Gasteiger partial charge in [-0.3, -0.25) is 9.59 Å². The molecular weight excluding hydrogens is 310 g/mol. The van der Waals surface area contributed by atoms with Crippen molar-refractivity contribution < 1.29 is 19.5 Å². The summed E-state index contributed by atoms with van der Waals surface area (Å²) in [4.78, 5) is 40.7. The fourth-order valence-electron chi connectivity index (χ4n) is 3.69. The molecule has 7 heteroatoms. The zero-order chi connectivity index (χ0) is 17.7. The van der Waals surface area contributed by atoms with Gasteiger partial charge in [-0.1, -0.05) is 0 Å². The van der Waals surface area contributed by atoms with Gasteiger partial charge < -0.3 is 19.8 Å². The lowest BCUT2D eigenvalue weighted by molar-refractivity contribution is -0.139. The Hall–Kier alpha value is -1.79. The van der Waals surface area contributed by atoms with Crippen LogP contribution in [0.5, 0.6) is 0 Å². The molecule has 0 aliphatic carbocycles. The zero-order valence-electron chi connectivity index (χ0n) is 14.7. The molecule has 2 rings (SSSR count). The highest BCUT2D eigenvalue weighted by Gasteiger charge is 2.32. The molecule has 1 N–H and O–H groups in total. The van der Waals surface area contributed by atoms with Crippen LogP contribution in [0.3, 0.4) is 0 Å². The number of carbonyl (C=O) groups is 3. The Balaban J connectivity index is 1.81. The first-order valence-electron chi connectivity index (χ1n) is 8.85. The Kier molecular flexibility index (Phi) is 6.45. The maximum absolute atomic E-state index is 12.7. The van der Waals surface area contributed by atoms with Crippen molar-refractivity contribution in [2.45, 2.75) is 38.5 Å². The van der Waals surface area contributed by atoms with Crippen LogP contribution in [0.25, 0.3) is 0 Å². The van der Waals surface area contributed by atoms with Crippen molar-refractivity contribution in [3.8, 4) is 0 Å². The van der Waals surface area contributed by atoms with Gasteiger partial charge in [0.2, 0.25) is 5.91 Å². The highest BCUT2D eigenvalue weighted by molar-refractivity contribution is 5.80. The van der Waals surface area contributed by atoms with E-state index in [4.69, 9.17) is 5.11 Å². The van der Waals surface area contributed by atoms with E-state index in [2.05, 4.69) is 0 Å². The summed E-state index contributed by atoms with van der Waals surface area (Å²) in [5, 5.41) is 8.82. The second-order valence-corrected chi connectivity index (χ2v) is 7.16. The van der Waals surface area contributed by atoms with Crippen LogP contribution in [0.2, 0.25) is 0 Å². The van der Waals surface area contributed by atoms with Crippen molar-refractivity contribution in [1.82, 2.24) is 14.7 Å². The highest BCUT2D eigenvalue weighted by atomic mass is 16.4. The standard InChI is InChI=1S/C17H29N3O4/c1-18(2)17(24)19-10-7-14(8-11-19)16(23)20-9-3-4-13(12-20)5-6-15(21)22/h13-14H,3-12H2,1-2H3,(H,21,22). The van der Waals surface area contributed by atoms with E-state index in [0.29, 0.717) is 44.8 Å². The molecule has 2 saturated heterocycles. The first kappa shape index (κ1) is 18.5. The molecule has 0 bridgehead atoms. The normalized spacial score (nSPS) is 22.3. The Morgan fingerprint density at radius 3 is 2.29 bits per heavy atom. The van der Waals surface area contributed by atoms with E-state index in [9.17, 15) is 14.4 Å². The minimum Gasteiger partial charge on any atom is -0.481 e. The molecule has 2 fully saturated rings. The van der Waals surface area contributed by atoms with Crippen molar-refractivity contribution >= 4 is 17.9 Å². The first-order chi connectivity index (χ1) is 11.4. The zero-order valence-corrected chi connectivity index (χ0v) is 14.7. The average Bonchev–Trinajstić information content (AvgIpc) is 2.59. The first-order valence-corrected chi connectivity index (χ1v) is 8.85. The van der Waals surface area contributed by atoms with Gasteiger partial charge in [-0.05, 0) is 38.0 Å². The summed E-state index contributed by atoms with van der Waals surface area (Å²) in [6.45, 7) is 2.72. The minimum atomic E-state index is -0.767. The van der Waals surface area contributed by atoms with Crippen LogP contribution in [0, 0.1) is 11.8 Å². The number of likely N-dealkylation sites (tertiary alicyclic amines) is 2. The van der Waals surface area contributed by atoms with Gasteiger partial charge in [0.05, 0.1) is 0 Å². The summed E-state index contributed by atoms with van der Waals surface area (Å²) in [5.74, 6) is -0.285. The second-order valence-electron chi connectivity index (χ2n) is 7.16. The molecule has 0 aromatic heterocycles. The van der Waals surface area contributed by atoms with Gasteiger partial charge in [0.1, 0.15) is 0 Å². The fraction of sp³-hybridized carbons (Fsp3) is 0.824. The summed E-state index contributed by atoms with van der Waals surface area (Å²) < 4.78 is 0. The number of aliphatic carboxylic acids is 1. The van der Waals surface area contributed by atoms with Crippen LogP contribution in [-0.2, 0) is 9.59 Å². The van der Waals surface area contributed by atoms with E-state index in [0.717, 1.165) is 19.4 Å². The van der Waals surface area contributed by atoms with Crippen molar-refractivity contribution in [3.05, 3.63) is 0 Å².